The smallest absolute Gasteiger partial charge is 0.135 e. The normalized spacial score (nSPS) is 14.0. The van der Waals surface area contributed by atoms with Gasteiger partial charge in [0.25, 0.3) is 0 Å². The van der Waals surface area contributed by atoms with Gasteiger partial charge in [0.1, 0.15) is 17.7 Å². The van der Waals surface area contributed by atoms with Crippen molar-refractivity contribution in [2.75, 3.05) is 10.2 Å². The van der Waals surface area contributed by atoms with E-state index in [1.54, 1.807) is 0 Å². The molecule has 9 aromatic carbocycles. The lowest BCUT2D eigenvalue weighted by atomic mass is 9.90. The van der Waals surface area contributed by atoms with E-state index in [0.29, 0.717) is 0 Å². The summed E-state index contributed by atoms with van der Waals surface area (Å²) in [6.07, 6.45) is -0.0333. The third-order valence-electron chi connectivity index (χ3n) is 11.1. The van der Waals surface area contributed by atoms with Gasteiger partial charge in [-0.1, -0.05) is 146 Å². The highest BCUT2D eigenvalue weighted by atomic mass is 16.5. The van der Waals surface area contributed by atoms with E-state index in [9.17, 15) is 0 Å². The van der Waals surface area contributed by atoms with Crippen LogP contribution in [0.1, 0.15) is 11.7 Å². The molecule has 0 radical (unpaired) electrons. The minimum absolute atomic E-state index is 0.0333. The molecule has 0 aliphatic carbocycles. The molecule has 254 valence electrons. The minimum Gasteiger partial charge on any atom is -0.456 e. The molecule has 0 saturated heterocycles. The van der Waals surface area contributed by atoms with E-state index in [4.69, 9.17) is 4.74 Å². The molecule has 0 spiro atoms. The Morgan fingerprint density at radius 1 is 0.426 bits per heavy atom. The van der Waals surface area contributed by atoms with Gasteiger partial charge in [0, 0.05) is 16.6 Å². The molecule has 2 aliphatic heterocycles. The third-order valence-corrected chi connectivity index (χ3v) is 11.1. The number of para-hydroxylation sites is 3. The Balaban J connectivity index is 0.934. The predicted octanol–water partition coefficient (Wildman–Crippen LogP) is 14.0. The SMILES string of the molecule is c1ccc(-c2ccc(C3Nc4ccccc4N3c3cccc(-c4ccc5cc(-c6ccc7c8c(cccc68)-c6ccccc6O7)ccc5c4)c3)cc2)cc1. The van der Waals surface area contributed by atoms with E-state index in [0.717, 1.165) is 28.4 Å². The summed E-state index contributed by atoms with van der Waals surface area (Å²) < 4.78 is 6.37. The molecule has 3 heteroatoms. The van der Waals surface area contributed by atoms with Crippen LogP contribution in [0.2, 0.25) is 0 Å². The van der Waals surface area contributed by atoms with Crippen LogP contribution in [0.15, 0.2) is 194 Å². The number of benzene rings is 9. The maximum absolute atomic E-state index is 6.37. The molecular weight excluding hydrogens is 657 g/mol. The fraction of sp³-hybridized carbons (Fsp3) is 0.0196. The van der Waals surface area contributed by atoms with Gasteiger partial charge in [0.05, 0.1) is 11.4 Å². The van der Waals surface area contributed by atoms with Gasteiger partial charge in [-0.3, -0.25) is 0 Å². The lowest BCUT2D eigenvalue weighted by Gasteiger charge is -2.28. The molecule has 1 atom stereocenters. The number of rotatable bonds is 5. The van der Waals surface area contributed by atoms with Gasteiger partial charge in [-0.2, -0.15) is 0 Å². The first-order chi connectivity index (χ1) is 26.7. The van der Waals surface area contributed by atoms with Gasteiger partial charge in [-0.05, 0) is 109 Å². The van der Waals surface area contributed by atoms with Crippen LogP contribution in [0.5, 0.6) is 11.5 Å². The Morgan fingerprint density at radius 3 is 1.98 bits per heavy atom. The summed E-state index contributed by atoms with van der Waals surface area (Å²) in [5.41, 5.74) is 14.3. The summed E-state index contributed by atoms with van der Waals surface area (Å²) in [6.45, 7) is 0. The molecule has 0 aromatic heterocycles. The molecule has 3 nitrogen and oxygen atoms in total. The fourth-order valence-electron chi connectivity index (χ4n) is 8.43. The van der Waals surface area contributed by atoms with E-state index in [1.807, 2.05) is 12.1 Å². The number of ether oxygens (including phenoxy) is 1. The molecule has 0 amide bonds. The molecular formula is C51H34N2O. The minimum atomic E-state index is -0.0333. The molecule has 2 aliphatic rings. The monoisotopic (exact) mass is 690 g/mol. The highest BCUT2D eigenvalue weighted by Gasteiger charge is 2.31. The number of hydrogen-bond acceptors (Lipinski definition) is 3. The van der Waals surface area contributed by atoms with Crippen molar-refractivity contribution in [2.24, 2.45) is 0 Å². The van der Waals surface area contributed by atoms with Crippen molar-refractivity contribution in [1.82, 2.24) is 0 Å². The van der Waals surface area contributed by atoms with Gasteiger partial charge in [0.15, 0.2) is 0 Å². The molecule has 0 saturated carbocycles. The number of fused-ring (bicyclic) bond motifs is 4. The van der Waals surface area contributed by atoms with E-state index in [-0.39, 0.29) is 6.17 Å². The Morgan fingerprint density at radius 2 is 1.09 bits per heavy atom. The lowest BCUT2D eigenvalue weighted by molar-refractivity contribution is 0.487. The molecule has 1 unspecified atom stereocenters. The second kappa shape index (κ2) is 12.3. The van der Waals surface area contributed by atoms with Crippen LogP contribution in [-0.2, 0) is 0 Å². The summed E-state index contributed by atoms with van der Waals surface area (Å²) in [7, 11) is 0. The average molecular weight is 691 g/mol. The van der Waals surface area contributed by atoms with Crippen LogP contribution < -0.4 is 15.0 Å². The fourth-order valence-corrected chi connectivity index (χ4v) is 8.43. The maximum atomic E-state index is 6.37. The molecule has 9 aromatic rings. The van der Waals surface area contributed by atoms with Crippen LogP contribution in [0.3, 0.4) is 0 Å². The van der Waals surface area contributed by atoms with Crippen molar-refractivity contribution in [3.8, 4) is 56.0 Å². The zero-order valence-electron chi connectivity index (χ0n) is 29.4. The summed E-state index contributed by atoms with van der Waals surface area (Å²) in [5, 5.41) is 8.61. The van der Waals surface area contributed by atoms with E-state index in [1.165, 1.54) is 71.7 Å². The first kappa shape index (κ1) is 30.5. The number of nitrogens with zero attached hydrogens (tertiary/aromatic N) is 1. The van der Waals surface area contributed by atoms with E-state index in [2.05, 4.69) is 192 Å². The Labute approximate surface area is 314 Å². The van der Waals surface area contributed by atoms with Crippen LogP contribution in [0.25, 0.3) is 66.1 Å². The van der Waals surface area contributed by atoms with Crippen LogP contribution >= 0.6 is 0 Å². The summed E-state index contributed by atoms with van der Waals surface area (Å²) >= 11 is 0. The molecule has 0 bridgehead atoms. The third kappa shape index (κ3) is 4.97. The number of hydrogen-bond donors (Lipinski definition) is 1. The van der Waals surface area contributed by atoms with Gasteiger partial charge < -0.3 is 15.0 Å². The Hall–Kier alpha value is -7.10. The molecule has 0 fully saturated rings. The van der Waals surface area contributed by atoms with Crippen molar-refractivity contribution in [3.05, 3.63) is 200 Å². The summed E-state index contributed by atoms with van der Waals surface area (Å²) in [6, 6.07) is 69.9. The van der Waals surface area contributed by atoms with E-state index >= 15 is 0 Å². The van der Waals surface area contributed by atoms with Crippen LogP contribution in [-0.4, -0.2) is 0 Å². The zero-order valence-corrected chi connectivity index (χ0v) is 29.4. The van der Waals surface area contributed by atoms with Crippen LogP contribution in [0.4, 0.5) is 17.1 Å². The average Bonchev–Trinajstić information content (AvgIpc) is 3.64. The van der Waals surface area contributed by atoms with Crippen molar-refractivity contribution in [3.63, 3.8) is 0 Å². The maximum Gasteiger partial charge on any atom is 0.135 e. The van der Waals surface area contributed by atoms with Crippen LogP contribution in [0, 0.1) is 0 Å². The van der Waals surface area contributed by atoms with Crippen molar-refractivity contribution in [1.29, 1.82) is 0 Å². The first-order valence-corrected chi connectivity index (χ1v) is 18.5. The van der Waals surface area contributed by atoms with Gasteiger partial charge >= 0.3 is 0 Å². The van der Waals surface area contributed by atoms with Crippen molar-refractivity contribution in [2.45, 2.75) is 6.17 Å². The second-order valence-corrected chi connectivity index (χ2v) is 14.2. The number of anilines is 3. The highest BCUT2D eigenvalue weighted by molar-refractivity contribution is 6.10. The highest BCUT2D eigenvalue weighted by Crippen LogP contribution is 2.49. The quantitative estimate of drug-likeness (QED) is 0.195. The van der Waals surface area contributed by atoms with Crippen molar-refractivity contribution < 1.29 is 4.74 Å². The summed E-state index contributed by atoms with van der Waals surface area (Å²) in [4.78, 5) is 2.42. The van der Waals surface area contributed by atoms with Gasteiger partial charge in [-0.15, -0.1) is 0 Å². The van der Waals surface area contributed by atoms with Gasteiger partial charge in [-0.25, -0.2) is 0 Å². The largest absolute Gasteiger partial charge is 0.456 e. The Bertz CT molecular complexity index is 2900. The molecule has 1 N–H and O–H groups in total. The van der Waals surface area contributed by atoms with E-state index < -0.39 is 0 Å². The molecule has 54 heavy (non-hydrogen) atoms. The first-order valence-electron chi connectivity index (χ1n) is 18.5. The Kier molecular flexibility index (Phi) is 6.93. The van der Waals surface area contributed by atoms with Crippen molar-refractivity contribution >= 4 is 38.6 Å². The lowest BCUT2D eigenvalue weighted by Crippen LogP contribution is -2.23. The molecule has 11 rings (SSSR count). The predicted molar refractivity (Wildman–Crippen MR) is 225 cm³/mol. The van der Waals surface area contributed by atoms with Gasteiger partial charge in [0.2, 0.25) is 0 Å². The standard InChI is InChI=1S/C51H34N2O/c1-2-10-33(11-3-1)34-20-22-35(23-21-34)51-52-46-17-5-6-18-47(46)53(51)41-13-8-12-36(32-41)37-24-25-39-31-40(27-26-38(39)30-37)42-28-29-49-50-44(42)15-9-16-45(50)43-14-4-7-19-48(43)54-49/h1-32,51-52H. The second-order valence-electron chi connectivity index (χ2n) is 14.2. The number of nitrogens with one attached hydrogen (secondary N) is 1. The summed E-state index contributed by atoms with van der Waals surface area (Å²) in [5.74, 6) is 1.82. The molecule has 2 heterocycles. The zero-order chi connectivity index (χ0) is 35.6. The topological polar surface area (TPSA) is 24.5 Å².